The summed E-state index contributed by atoms with van der Waals surface area (Å²) in [6.07, 6.45) is 0. The second kappa shape index (κ2) is 9.61. The molecule has 12 heteroatoms. The van der Waals surface area contributed by atoms with Crippen LogP contribution in [0.2, 0.25) is 20.1 Å². The van der Waals surface area contributed by atoms with E-state index >= 15 is 0 Å². The van der Waals surface area contributed by atoms with E-state index in [2.05, 4.69) is 9.97 Å². The first kappa shape index (κ1) is 26.6. The van der Waals surface area contributed by atoms with Crippen LogP contribution in [0.25, 0.3) is 33.2 Å². The molecule has 0 aliphatic carbocycles. The SMILES string of the molecule is O=C1c2c(Cl)cc(Cl)cc2-n2c1nc1ccccc1c2=O.O=C1c2c(Cl)cc(Cl)cc2-n2c1nc1ccccc1c2=O. The van der Waals surface area contributed by atoms with Gasteiger partial charge in [-0.25, -0.2) is 9.97 Å². The summed E-state index contributed by atoms with van der Waals surface area (Å²) in [5, 5.41) is 2.04. The molecule has 204 valence electrons. The number of aromatic nitrogens is 4. The second-order valence-electron chi connectivity index (χ2n) is 9.41. The molecule has 0 atom stereocenters. The van der Waals surface area contributed by atoms with Crippen molar-refractivity contribution in [3.63, 3.8) is 0 Å². The average Bonchev–Trinajstić information content (AvgIpc) is 3.40. The van der Waals surface area contributed by atoms with Gasteiger partial charge in [0.05, 0.1) is 54.4 Å². The molecular formula is C30H12Cl4N4O4. The van der Waals surface area contributed by atoms with Crippen LogP contribution >= 0.6 is 46.4 Å². The van der Waals surface area contributed by atoms with Gasteiger partial charge in [0.25, 0.3) is 11.1 Å². The molecule has 2 aliphatic heterocycles. The summed E-state index contributed by atoms with van der Waals surface area (Å²) in [6.45, 7) is 0. The maximum absolute atomic E-state index is 12.6. The number of benzene rings is 4. The lowest BCUT2D eigenvalue weighted by atomic mass is 10.1. The number of hydrogen-bond acceptors (Lipinski definition) is 6. The second-order valence-corrected chi connectivity index (χ2v) is 11.1. The van der Waals surface area contributed by atoms with Crippen LogP contribution in [0.5, 0.6) is 0 Å². The van der Waals surface area contributed by atoms with Crippen LogP contribution < -0.4 is 11.1 Å². The summed E-state index contributed by atoms with van der Waals surface area (Å²) in [6, 6.07) is 19.8. The van der Waals surface area contributed by atoms with Crippen molar-refractivity contribution in [1.82, 2.24) is 19.1 Å². The lowest BCUT2D eigenvalue weighted by Gasteiger charge is -2.06. The molecule has 42 heavy (non-hydrogen) atoms. The fourth-order valence-corrected chi connectivity index (χ4v) is 6.30. The summed E-state index contributed by atoms with van der Waals surface area (Å²) in [5.41, 5.74) is 1.66. The van der Waals surface area contributed by atoms with Crippen LogP contribution in [0.1, 0.15) is 32.4 Å². The van der Waals surface area contributed by atoms with Gasteiger partial charge in [-0.3, -0.25) is 28.3 Å². The average molecular weight is 634 g/mol. The fourth-order valence-electron chi connectivity index (χ4n) is 5.16. The molecule has 2 aliphatic rings. The van der Waals surface area contributed by atoms with Crippen LogP contribution in [0.15, 0.2) is 82.4 Å². The predicted molar refractivity (Wildman–Crippen MR) is 162 cm³/mol. The van der Waals surface area contributed by atoms with Crippen molar-refractivity contribution in [2.24, 2.45) is 0 Å². The van der Waals surface area contributed by atoms with Gasteiger partial charge in [0.1, 0.15) is 0 Å². The molecule has 0 radical (unpaired) electrons. The van der Waals surface area contributed by atoms with Crippen LogP contribution in [0.4, 0.5) is 0 Å². The number of nitrogens with zero attached hydrogens (tertiary/aromatic N) is 4. The van der Waals surface area contributed by atoms with Gasteiger partial charge in [0, 0.05) is 10.0 Å². The van der Waals surface area contributed by atoms with Gasteiger partial charge in [0.15, 0.2) is 11.6 Å². The summed E-state index contributed by atoms with van der Waals surface area (Å²) in [4.78, 5) is 58.8. The maximum Gasteiger partial charge on any atom is 0.266 e. The summed E-state index contributed by atoms with van der Waals surface area (Å²) in [7, 11) is 0. The molecule has 0 fully saturated rings. The number of carbonyl (C=O) groups is 2. The van der Waals surface area contributed by atoms with Crippen molar-refractivity contribution in [3.05, 3.63) is 136 Å². The van der Waals surface area contributed by atoms with E-state index in [1.807, 2.05) is 0 Å². The smallest absolute Gasteiger partial charge is 0.266 e. The molecule has 8 rings (SSSR count). The Morgan fingerprint density at radius 3 is 1.31 bits per heavy atom. The Morgan fingerprint density at radius 1 is 0.524 bits per heavy atom. The fraction of sp³-hybridized carbons (Fsp3) is 0. The predicted octanol–water partition coefficient (Wildman–Crippen LogP) is 6.47. The van der Waals surface area contributed by atoms with Gasteiger partial charge < -0.3 is 0 Å². The standard InChI is InChI=1S/2C15H6Cl2N2O2/c2*16-7-5-9(17)12-11(6-7)19-14(13(12)20)18-10-4-2-1-3-8(10)15(19)21/h2*1-6H. The number of carbonyl (C=O) groups excluding carboxylic acids is 2. The van der Waals surface area contributed by atoms with E-state index in [-0.39, 0.29) is 55.5 Å². The van der Waals surface area contributed by atoms with E-state index in [1.165, 1.54) is 21.3 Å². The lowest BCUT2D eigenvalue weighted by Crippen LogP contribution is -2.21. The highest BCUT2D eigenvalue weighted by atomic mass is 35.5. The minimum Gasteiger partial charge on any atom is -0.285 e. The van der Waals surface area contributed by atoms with E-state index in [1.54, 1.807) is 60.7 Å². The van der Waals surface area contributed by atoms with Gasteiger partial charge in [-0.2, -0.15) is 0 Å². The Kier molecular flexibility index (Phi) is 6.07. The van der Waals surface area contributed by atoms with E-state index in [4.69, 9.17) is 46.4 Å². The molecule has 4 aromatic carbocycles. The molecule has 2 aromatic heterocycles. The molecular weight excluding hydrogens is 622 g/mol. The molecule has 4 heterocycles. The first-order valence-electron chi connectivity index (χ1n) is 12.3. The van der Waals surface area contributed by atoms with Crippen molar-refractivity contribution < 1.29 is 9.59 Å². The highest BCUT2D eigenvalue weighted by molar-refractivity contribution is 6.39. The summed E-state index contributed by atoms with van der Waals surface area (Å²) in [5.74, 6) is -0.597. The summed E-state index contributed by atoms with van der Waals surface area (Å²) >= 11 is 24.2. The van der Waals surface area contributed by atoms with E-state index in [0.717, 1.165) is 0 Å². The van der Waals surface area contributed by atoms with Crippen LogP contribution in [-0.2, 0) is 0 Å². The first-order chi connectivity index (χ1) is 20.2. The van der Waals surface area contributed by atoms with Crippen molar-refractivity contribution >= 4 is 79.8 Å². The van der Waals surface area contributed by atoms with Crippen molar-refractivity contribution in [3.8, 4) is 11.4 Å². The van der Waals surface area contributed by atoms with Gasteiger partial charge in [0.2, 0.25) is 11.6 Å². The zero-order valence-corrected chi connectivity index (χ0v) is 23.9. The summed E-state index contributed by atoms with van der Waals surface area (Å²) < 4.78 is 2.55. The monoisotopic (exact) mass is 632 g/mol. The number of rotatable bonds is 0. The number of hydrogen-bond donors (Lipinski definition) is 0. The minimum atomic E-state index is -0.366. The normalized spacial score (nSPS) is 12.6. The third kappa shape index (κ3) is 3.84. The third-order valence-electron chi connectivity index (χ3n) is 6.96. The minimum absolute atomic E-state index is 0.0675. The molecule has 0 bridgehead atoms. The number of halogens is 4. The lowest BCUT2D eigenvalue weighted by molar-refractivity contribution is 0.102. The zero-order valence-electron chi connectivity index (χ0n) is 20.9. The quantitative estimate of drug-likeness (QED) is 0.189. The number of ketones is 2. The molecule has 8 nitrogen and oxygen atoms in total. The van der Waals surface area contributed by atoms with Gasteiger partial charge in [-0.1, -0.05) is 70.7 Å². The van der Waals surface area contributed by atoms with Crippen LogP contribution in [0.3, 0.4) is 0 Å². The Balaban J connectivity index is 0.000000137. The molecule has 0 N–H and O–H groups in total. The largest absolute Gasteiger partial charge is 0.285 e. The van der Waals surface area contributed by atoms with Crippen molar-refractivity contribution in [2.45, 2.75) is 0 Å². The Bertz CT molecular complexity index is 2180. The van der Waals surface area contributed by atoms with Crippen LogP contribution in [0, 0.1) is 0 Å². The van der Waals surface area contributed by atoms with Crippen LogP contribution in [-0.4, -0.2) is 30.7 Å². The van der Waals surface area contributed by atoms with E-state index < -0.39 is 0 Å². The van der Waals surface area contributed by atoms with E-state index in [9.17, 15) is 19.2 Å². The number of fused-ring (bicyclic) bond motifs is 8. The van der Waals surface area contributed by atoms with Crippen molar-refractivity contribution in [2.75, 3.05) is 0 Å². The third-order valence-corrected chi connectivity index (χ3v) is 7.99. The van der Waals surface area contributed by atoms with E-state index in [0.29, 0.717) is 43.2 Å². The van der Waals surface area contributed by atoms with Gasteiger partial charge in [-0.05, 0) is 48.5 Å². The Morgan fingerprint density at radius 2 is 0.905 bits per heavy atom. The van der Waals surface area contributed by atoms with Crippen molar-refractivity contribution in [1.29, 1.82) is 0 Å². The molecule has 0 unspecified atom stereocenters. The highest BCUT2D eigenvalue weighted by Crippen LogP contribution is 2.35. The first-order valence-corrected chi connectivity index (χ1v) is 13.8. The zero-order chi connectivity index (χ0) is 29.4. The van der Waals surface area contributed by atoms with Gasteiger partial charge >= 0.3 is 0 Å². The number of para-hydroxylation sites is 2. The molecule has 0 amide bonds. The Labute approximate surface area is 255 Å². The highest BCUT2D eigenvalue weighted by Gasteiger charge is 2.34. The molecule has 0 saturated carbocycles. The molecule has 0 saturated heterocycles. The maximum atomic E-state index is 12.6. The molecule has 6 aromatic rings. The Hall–Kier alpha value is -4.34. The molecule has 0 spiro atoms. The van der Waals surface area contributed by atoms with Gasteiger partial charge in [-0.15, -0.1) is 0 Å². The topological polar surface area (TPSA) is 104 Å².